The number of benzene rings is 2. The van der Waals surface area contributed by atoms with Gasteiger partial charge in [0.2, 0.25) is 0 Å². The number of fused-ring (bicyclic) bond motifs is 2. The monoisotopic (exact) mass is 288 g/mol. The van der Waals surface area contributed by atoms with Crippen LogP contribution in [0.1, 0.15) is 22.8 Å². The third-order valence-corrected chi connectivity index (χ3v) is 4.28. The molecule has 22 heavy (non-hydrogen) atoms. The summed E-state index contributed by atoms with van der Waals surface area (Å²) in [7, 11) is 0. The van der Waals surface area contributed by atoms with Crippen LogP contribution >= 0.6 is 0 Å². The summed E-state index contributed by atoms with van der Waals surface area (Å²) in [4.78, 5) is 19.5. The summed E-state index contributed by atoms with van der Waals surface area (Å²) in [6.07, 6.45) is 2.98. The van der Waals surface area contributed by atoms with Gasteiger partial charge in [0.15, 0.2) is 5.78 Å². The molecule has 0 bridgehead atoms. The number of rotatable bonds is 1. The van der Waals surface area contributed by atoms with E-state index < -0.39 is 0 Å². The smallest absolute Gasteiger partial charge is 0.198 e. The molecule has 0 saturated carbocycles. The van der Waals surface area contributed by atoms with E-state index in [1.54, 1.807) is 0 Å². The fourth-order valence-electron chi connectivity index (χ4n) is 3.12. The molecule has 2 aliphatic rings. The van der Waals surface area contributed by atoms with Crippen molar-refractivity contribution in [1.82, 2.24) is 0 Å². The Bertz CT molecular complexity index is 833. The molecule has 2 heterocycles. The molecule has 0 N–H and O–H groups in total. The number of carbonyl (C=O) groups is 1. The van der Waals surface area contributed by atoms with Crippen molar-refractivity contribution in [2.24, 2.45) is 4.99 Å². The first-order valence-electron chi connectivity index (χ1n) is 7.50. The van der Waals surface area contributed by atoms with Crippen molar-refractivity contribution >= 4 is 22.9 Å². The average Bonchev–Trinajstić information content (AvgIpc) is 2.95. The molecule has 0 unspecified atom stereocenters. The number of Topliss-reactive ketones (excluding diaryl/α,β-unsaturated/α-hetero) is 1. The van der Waals surface area contributed by atoms with Crippen LogP contribution in [0, 0.1) is 0 Å². The number of para-hydroxylation sites is 2. The largest absolute Gasteiger partial charge is 0.347 e. The van der Waals surface area contributed by atoms with Gasteiger partial charge in [-0.1, -0.05) is 30.3 Å². The predicted molar refractivity (Wildman–Crippen MR) is 89.1 cm³/mol. The van der Waals surface area contributed by atoms with Gasteiger partial charge in [-0.05, 0) is 37.1 Å². The summed E-state index contributed by atoms with van der Waals surface area (Å²) in [5.41, 5.74) is 5.45. The first kappa shape index (κ1) is 13.0. The molecule has 0 amide bonds. The van der Waals surface area contributed by atoms with Crippen LogP contribution in [-0.4, -0.2) is 18.0 Å². The number of aliphatic imine (C=N–C) groups is 1. The van der Waals surface area contributed by atoms with E-state index in [1.807, 2.05) is 43.5 Å². The number of anilines is 1. The van der Waals surface area contributed by atoms with Crippen LogP contribution in [-0.2, 0) is 6.42 Å². The van der Waals surface area contributed by atoms with Crippen LogP contribution in [0.3, 0.4) is 0 Å². The molecule has 4 rings (SSSR count). The summed E-state index contributed by atoms with van der Waals surface area (Å²) in [5, 5.41) is 0. The van der Waals surface area contributed by atoms with E-state index in [0.717, 1.165) is 24.4 Å². The molecule has 108 valence electrons. The van der Waals surface area contributed by atoms with Gasteiger partial charge in [0, 0.05) is 24.0 Å². The number of nitrogens with zero attached hydrogens (tertiary/aromatic N) is 2. The van der Waals surface area contributed by atoms with Gasteiger partial charge in [-0.15, -0.1) is 0 Å². The molecule has 0 aliphatic carbocycles. The van der Waals surface area contributed by atoms with E-state index in [9.17, 15) is 4.79 Å². The summed E-state index contributed by atoms with van der Waals surface area (Å²) >= 11 is 0. The molecule has 0 atom stereocenters. The van der Waals surface area contributed by atoms with E-state index in [2.05, 4.69) is 28.1 Å². The Balaban J connectivity index is 1.77. The highest BCUT2D eigenvalue weighted by molar-refractivity contribution is 6.31. The topological polar surface area (TPSA) is 32.7 Å². The van der Waals surface area contributed by atoms with E-state index in [-0.39, 0.29) is 5.78 Å². The lowest BCUT2D eigenvalue weighted by atomic mass is 9.96. The summed E-state index contributed by atoms with van der Waals surface area (Å²) < 4.78 is 0. The molecule has 3 nitrogen and oxygen atoms in total. The van der Waals surface area contributed by atoms with Crippen molar-refractivity contribution < 1.29 is 4.79 Å². The van der Waals surface area contributed by atoms with E-state index >= 15 is 0 Å². The van der Waals surface area contributed by atoms with Crippen LogP contribution in [0.4, 0.5) is 11.4 Å². The zero-order valence-corrected chi connectivity index (χ0v) is 12.4. The SMILES string of the molecule is CC1=Nc2ccccc2C(=O)C1=CN1CCc2ccccc21. The highest BCUT2D eigenvalue weighted by atomic mass is 16.1. The maximum atomic E-state index is 12.8. The van der Waals surface area contributed by atoms with E-state index in [1.165, 1.54) is 11.3 Å². The second-order valence-electron chi connectivity index (χ2n) is 5.66. The number of allylic oxidation sites excluding steroid dienone is 1. The van der Waals surface area contributed by atoms with Gasteiger partial charge in [0.25, 0.3) is 0 Å². The van der Waals surface area contributed by atoms with Crippen molar-refractivity contribution in [3.05, 3.63) is 71.4 Å². The maximum Gasteiger partial charge on any atom is 0.198 e. The normalized spacial score (nSPS) is 18.2. The van der Waals surface area contributed by atoms with Crippen molar-refractivity contribution in [3.63, 3.8) is 0 Å². The highest BCUT2D eigenvalue weighted by Gasteiger charge is 2.25. The van der Waals surface area contributed by atoms with Gasteiger partial charge >= 0.3 is 0 Å². The fourth-order valence-corrected chi connectivity index (χ4v) is 3.12. The molecule has 0 saturated heterocycles. The Labute approximate surface area is 129 Å². The minimum Gasteiger partial charge on any atom is -0.347 e. The van der Waals surface area contributed by atoms with Crippen LogP contribution in [0.2, 0.25) is 0 Å². The van der Waals surface area contributed by atoms with Gasteiger partial charge in [0.05, 0.1) is 17.0 Å². The van der Waals surface area contributed by atoms with Gasteiger partial charge in [-0.3, -0.25) is 9.79 Å². The molecule has 0 radical (unpaired) electrons. The Kier molecular flexibility index (Phi) is 2.93. The van der Waals surface area contributed by atoms with Crippen molar-refractivity contribution in [1.29, 1.82) is 0 Å². The first-order chi connectivity index (χ1) is 10.7. The standard InChI is InChI=1S/C19H16N2O/c1-13-16(19(22)15-7-3-4-8-17(15)20-13)12-21-11-10-14-6-2-5-9-18(14)21/h2-9,12H,10-11H2,1H3. The van der Waals surface area contributed by atoms with E-state index in [0.29, 0.717) is 11.1 Å². The van der Waals surface area contributed by atoms with E-state index in [4.69, 9.17) is 0 Å². The molecule has 0 spiro atoms. The van der Waals surface area contributed by atoms with Crippen molar-refractivity contribution in [3.8, 4) is 0 Å². The number of hydrogen-bond donors (Lipinski definition) is 0. The second-order valence-corrected chi connectivity index (χ2v) is 5.66. The lowest BCUT2D eigenvalue weighted by Gasteiger charge is -2.20. The van der Waals surface area contributed by atoms with Crippen LogP contribution in [0.15, 0.2) is 65.3 Å². The summed E-state index contributed by atoms with van der Waals surface area (Å²) in [5.74, 6) is 0.0625. The lowest BCUT2D eigenvalue weighted by Crippen LogP contribution is -2.21. The van der Waals surface area contributed by atoms with Crippen LogP contribution in [0.5, 0.6) is 0 Å². The number of hydrogen-bond acceptors (Lipinski definition) is 3. The van der Waals surface area contributed by atoms with Crippen molar-refractivity contribution in [2.75, 3.05) is 11.4 Å². The third kappa shape index (κ3) is 1.98. The molecule has 3 heteroatoms. The van der Waals surface area contributed by atoms with Crippen molar-refractivity contribution in [2.45, 2.75) is 13.3 Å². The molecular formula is C19H16N2O. The average molecular weight is 288 g/mol. The zero-order chi connectivity index (χ0) is 15.1. The van der Waals surface area contributed by atoms with Gasteiger partial charge in [-0.25, -0.2) is 0 Å². The summed E-state index contributed by atoms with van der Waals surface area (Å²) in [6.45, 7) is 2.81. The lowest BCUT2D eigenvalue weighted by molar-refractivity contribution is 0.103. The molecule has 0 aromatic heterocycles. The van der Waals surface area contributed by atoms with Gasteiger partial charge < -0.3 is 4.90 Å². The molecular weight excluding hydrogens is 272 g/mol. The quantitative estimate of drug-likeness (QED) is 0.745. The maximum absolute atomic E-state index is 12.8. The summed E-state index contributed by atoms with van der Waals surface area (Å²) in [6, 6.07) is 15.9. The van der Waals surface area contributed by atoms with Gasteiger partial charge in [-0.2, -0.15) is 0 Å². The van der Waals surface area contributed by atoms with Crippen LogP contribution in [0.25, 0.3) is 0 Å². The zero-order valence-electron chi connectivity index (χ0n) is 12.4. The highest BCUT2D eigenvalue weighted by Crippen LogP contribution is 2.31. The number of ketones is 1. The third-order valence-electron chi connectivity index (χ3n) is 4.28. The predicted octanol–water partition coefficient (Wildman–Crippen LogP) is 3.92. The minimum atomic E-state index is 0.0625. The minimum absolute atomic E-state index is 0.0625. The molecule has 2 aromatic rings. The Morgan fingerprint density at radius 1 is 1.09 bits per heavy atom. The second kappa shape index (κ2) is 4.95. The van der Waals surface area contributed by atoms with Gasteiger partial charge in [0.1, 0.15) is 0 Å². The Morgan fingerprint density at radius 2 is 1.86 bits per heavy atom. The molecule has 2 aromatic carbocycles. The molecule has 0 fully saturated rings. The first-order valence-corrected chi connectivity index (χ1v) is 7.50. The Hall–Kier alpha value is -2.68. The molecule has 2 aliphatic heterocycles. The fraction of sp³-hybridized carbons (Fsp3) is 0.158. The number of carbonyl (C=O) groups excluding carboxylic acids is 1. The Morgan fingerprint density at radius 3 is 2.77 bits per heavy atom. The van der Waals surface area contributed by atoms with Crippen LogP contribution < -0.4 is 4.90 Å².